The van der Waals surface area contributed by atoms with Crippen molar-refractivity contribution in [2.75, 3.05) is 5.32 Å². The van der Waals surface area contributed by atoms with Gasteiger partial charge in [-0.3, -0.25) is 0 Å². The van der Waals surface area contributed by atoms with Crippen molar-refractivity contribution < 1.29 is 4.79 Å². The Morgan fingerprint density at radius 2 is 1.65 bits per heavy atom. The van der Waals surface area contributed by atoms with Crippen LogP contribution in [0.3, 0.4) is 0 Å². The Morgan fingerprint density at radius 3 is 2.35 bits per heavy atom. The average Bonchev–Trinajstić information content (AvgIpc) is 2.41. The monoisotopic (exact) mass is 286 g/mol. The van der Waals surface area contributed by atoms with Crippen LogP contribution < -0.4 is 10.6 Å². The smallest absolute Gasteiger partial charge is 0.319 e. The number of carbonyl (C=O) groups excluding carboxylic acids is 1. The summed E-state index contributed by atoms with van der Waals surface area (Å²) in [7, 11) is 0. The van der Waals surface area contributed by atoms with Gasteiger partial charge >= 0.3 is 6.03 Å². The SMILES string of the molecule is CC(C)NC(=O)Nc1ccccc1Sc1ccccc1. The maximum Gasteiger partial charge on any atom is 0.319 e. The molecule has 0 saturated heterocycles. The summed E-state index contributed by atoms with van der Waals surface area (Å²) in [6.07, 6.45) is 0. The molecule has 0 spiro atoms. The number of carbonyl (C=O) groups is 1. The van der Waals surface area contributed by atoms with Crippen molar-refractivity contribution in [3.63, 3.8) is 0 Å². The third-order valence-corrected chi connectivity index (χ3v) is 3.61. The molecule has 104 valence electrons. The Morgan fingerprint density at radius 1 is 1.00 bits per heavy atom. The van der Waals surface area contributed by atoms with Gasteiger partial charge in [-0.05, 0) is 38.1 Å². The average molecular weight is 286 g/mol. The summed E-state index contributed by atoms with van der Waals surface area (Å²) in [5.74, 6) is 0. The molecule has 0 radical (unpaired) electrons. The van der Waals surface area contributed by atoms with Gasteiger partial charge in [0.15, 0.2) is 0 Å². The molecule has 0 aliphatic carbocycles. The van der Waals surface area contributed by atoms with E-state index in [4.69, 9.17) is 0 Å². The zero-order valence-corrected chi connectivity index (χ0v) is 12.4. The number of urea groups is 1. The van der Waals surface area contributed by atoms with Gasteiger partial charge in [-0.25, -0.2) is 4.79 Å². The lowest BCUT2D eigenvalue weighted by molar-refractivity contribution is 0.250. The molecule has 0 aliphatic heterocycles. The molecule has 0 saturated carbocycles. The quantitative estimate of drug-likeness (QED) is 0.876. The van der Waals surface area contributed by atoms with E-state index in [1.807, 2.05) is 56.3 Å². The van der Waals surface area contributed by atoms with E-state index >= 15 is 0 Å². The maximum atomic E-state index is 11.8. The molecule has 2 rings (SSSR count). The zero-order valence-electron chi connectivity index (χ0n) is 11.6. The highest BCUT2D eigenvalue weighted by Gasteiger charge is 2.08. The number of hydrogen-bond donors (Lipinski definition) is 2. The van der Waals surface area contributed by atoms with E-state index in [1.165, 1.54) is 0 Å². The van der Waals surface area contributed by atoms with E-state index in [1.54, 1.807) is 11.8 Å². The van der Waals surface area contributed by atoms with Crippen molar-refractivity contribution in [3.05, 3.63) is 54.6 Å². The first kappa shape index (κ1) is 14.5. The first-order valence-electron chi connectivity index (χ1n) is 6.54. The van der Waals surface area contributed by atoms with E-state index in [0.717, 1.165) is 15.5 Å². The van der Waals surface area contributed by atoms with E-state index in [-0.39, 0.29) is 12.1 Å². The Bertz CT molecular complexity index is 570. The minimum atomic E-state index is -0.180. The summed E-state index contributed by atoms with van der Waals surface area (Å²) in [6.45, 7) is 3.87. The van der Waals surface area contributed by atoms with Gasteiger partial charge in [0.2, 0.25) is 0 Å². The van der Waals surface area contributed by atoms with Crippen LogP contribution in [0.4, 0.5) is 10.5 Å². The molecular weight excluding hydrogens is 268 g/mol. The molecule has 0 aromatic heterocycles. The third kappa shape index (κ3) is 4.31. The summed E-state index contributed by atoms with van der Waals surface area (Å²) in [6, 6.07) is 17.8. The van der Waals surface area contributed by atoms with E-state index < -0.39 is 0 Å². The van der Waals surface area contributed by atoms with Crippen molar-refractivity contribution in [1.29, 1.82) is 0 Å². The van der Waals surface area contributed by atoms with Crippen LogP contribution in [0.2, 0.25) is 0 Å². The number of rotatable bonds is 4. The topological polar surface area (TPSA) is 41.1 Å². The number of anilines is 1. The second-order valence-corrected chi connectivity index (χ2v) is 5.78. The van der Waals surface area contributed by atoms with E-state index in [9.17, 15) is 4.79 Å². The standard InChI is InChI=1S/C16H18N2OS/c1-12(2)17-16(19)18-14-10-6-7-11-15(14)20-13-8-4-3-5-9-13/h3-12H,1-2H3,(H2,17,18,19). The summed E-state index contributed by atoms with van der Waals surface area (Å²) >= 11 is 1.63. The molecule has 2 aromatic carbocycles. The Balaban J connectivity index is 2.12. The van der Waals surface area contributed by atoms with Gasteiger partial charge < -0.3 is 10.6 Å². The van der Waals surface area contributed by atoms with Crippen LogP contribution in [-0.4, -0.2) is 12.1 Å². The minimum absolute atomic E-state index is 0.115. The van der Waals surface area contributed by atoms with Crippen LogP contribution >= 0.6 is 11.8 Å². The fourth-order valence-corrected chi connectivity index (χ4v) is 2.62. The number of nitrogens with one attached hydrogen (secondary N) is 2. The lowest BCUT2D eigenvalue weighted by atomic mass is 10.3. The van der Waals surface area contributed by atoms with Gasteiger partial charge in [0, 0.05) is 15.8 Å². The first-order chi connectivity index (χ1) is 9.65. The Labute approximate surface area is 123 Å². The highest BCUT2D eigenvalue weighted by Crippen LogP contribution is 2.33. The lowest BCUT2D eigenvalue weighted by Gasteiger charge is -2.13. The fraction of sp³-hybridized carbons (Fsp3) is 0.188. The first-order valence-corrected chi connectivity index (χ1v) is 7.36. The molecule has 20 heavy (non-hydrogen) atoms. The lowest BCUT2D eigenvalue weighted by Crippen LogP contribution is -2.34. The van der Waals surface area contributed by atoms with Crippen LogP contribution in [0.1, 0.15) is 13.8 Å². The number of benzene rings is 2. The molecule has 0 aliphatic rings. The molecule has 0 bridgehead atoms. The van der Waals surface area contributed by atoms with Crippen molar-refractivity contribution in [3.8, 4) is 0 Å². The van der Waals surface area contributed by atoms with Gasteiger partial charge in [0.05, 0.1) is 5.69 Å². The highest BCUT2D eigenvalue weighted by molar-refractivity contribution is 7.99. The largest absolute Gasteiger partial charge is 0.336 e. The van der Waals surface area contributed by atoms with Crippen molar-refractivity contribution in [2.24, 2.45) is 0 Å². The van der Waals surface area contributed by atoms with Crippen LogP contribution in [0.15, 0.2) is 64.4 Å². The maximum absolute atomic E-state index is 11.8. The third-order valence-electron chi connectivity index (χ3n) is 2.53. The van der Waals surface area contributed by atoms with Crippen molar-refractivity contribution in [1.82, 2.24) is 5.32 Å². The van der Waals surface area contributed by atoms with Crippen molar-refractivity contribution in [2.45, 2.75) is 29.7 Å². The van der Waals surface area contributed by atoms with E-state index in [0.29, 0.717) is 0 Å². The molecule has 0 atom stereocenters. The van der Waals surface area contributed by atoms with Crippen LogP contribution in [0.5, 0.6) is 0 Å². The minimum Gasteiger partial charge on any atom is -0.336 e. The van der Waals surface area contributed by atoms with Crippen LogP contribution in [0.25, 0.3) is 0 Å². The zero-order chi connectivity index (χ0) is 14.4. The summed E-state index contributed by atoms with van der Waals surface area (Å²) in [5.41, 5.74) is 0.819. The second-order valence-electron chi connectivity index (χ2n) is 4.66. The Kier molecular flexibility index (Phi) is 5.07. The van der Waals surface area contributed by atoms with Gasteiger partial charge in [-0.15, -0.1) is 0 Å². The summed E-state index contributed by atoms with van der Waals surface area (Å²) in [4.78, 5) is 14.0. The molecule has 4 heteroatoms. The molecule has 2 N–H and O–H groups in total. The molecule has 2 amide bonds. The molecule has 2 aromatic rings. The number of hydrogen-bond acceptors (Lipinski definition) is 2. The normalized spacial score (nSPS) is 10.3. The van der Waals surface area contributed by atoms with Gasteiger partial charge in [0.1, 0.15) is 0 Å². The molecule has 0 unspecified atom stereocenters. The Hall–Kier alpha value is -1.94. The molecule has 3 nitrogen and oxygen atoms in total. The summed E-state index contributed by atoms with van der Waals surface area (Å²) in [5, 5.41) is 5.71. The number of para-hydroxylation sites is 1. The van der Waals surface area contributed by atoms with Gasteiger partial charge in [0.25, 0.3) is 0 Å². The van der Waals surface area contributed by atoms with Crippen LogP contribution in [0, 0.1) is 0 Å². The summed E-state index contributed by atoms with van der Waals surface area (Å²) < 4.78 is 0. The second kappa shape index (κ2) is 7.01. The molecular formula is C16H18N2OS. The van der Waals surface area contributed by atoms with Gasteiger partial charge in [-0.1, -0.05) is 42.1 Å². The predicted molar refractivity (Wildman–Crippen MR) is 84.3 cm³/mol. The van der Waals surface area contributed by atoms with Gasteiger partial charge in [-0.2, -0.15) is 0 Å². The van der Waals surface area contributed by atoms with E-state index in [2.05, 4.69) is 22.8 Å². The van der Waals surface area contributed by atoms with Crippen molar-refractivity contribution >= 4 is 23.5 Å². The molecule has 0 heterocycles. The highest BCUT2D eigenvalue weighted by atomic mass is 32.2. The molecule has 0 fully saturated rings. The van der Waals surface area contributed by atoms with Crippen LogP contribution in [-0.2, 0) is 0 Å². The number of amides is 2. The predicted octanol–water partition coefficient (Wildman–Crippen LogP) is 4.37. The fourth-order valence-electron chi connectivity index (χ4n) is 1.69.